The van der Waals surface area contributed by atoms with Gasteiger partial charge >= 0.3 is 0 Å². The topological polar surface area (TPSA) is 85.1 Å². The van der Waals surface area contributed by atoms with E-state index in [1.165, 1.54) is 4.68 Å². The van der Waals surface area contributed by atoms with Gasteiger partial charge in [0.15, 0.2) is 0 Å². The van der Waals surface area contributed by atoms with Gasteiger partial charge in [0, 0.05) is 12.6 Å². The number of carbonyl (C=O) groups is 2. The van der Waals surface area contributed by atoms with Gasteiger partial charge < -0.3 is 10.6 Å². The van der Waals surface area contributed by atoms with Crippen molar-refractivity contribution in [1.29, 1.82) is 0 Å². The Bertz CT molecular complexity index is 1160. The number of benzene rings is 2. The number of amides is 2. The molecule has 0 bridgehead atoms. The second-order valence-electron chi connectivity index (χ2n) is 7.94. The van der Waals surface area contributed by atoms with E-state index in [1.54, 1.807) is 30.8 Å². The van der Waals surface area contributed by atoms with Crippen LogP contribution in [0, 0.1) is 19.8 Å². The smallest absolute Gasteiger partial charge is 0.295 e. The molecule has 0 saturated heterocycles. The predicted molar refractivity (Wildman–Crippen MR) is 122 cm³/mol. The second kappa shape index (κ2) is 9.04. The highest BCUT2D eigenvalue weighted by molar-refractivity contribution is 6.02. The van der Waals surface area contributed by atoms with E-state index in [-0.39, 0.29) is 23.1 Å². The minimum Gasteiger partial charge on any atom is -0.340 e. The van der Waals surface area contributed by atoms with Crippen molar-refractivity contribution in [2.45, 2.75) is 33.7 Å². The molecule has 3 aromatic rings. The highest BCUT2D eigenvalue weighted by atomic mass is 16.2. The lowest BCUT2D eigenvalue weighted by Crippen LogP contribution is -2.47. The van der Waals surface area contributed by atoms with Crippen molar-refractivity contribution in [3.8, 4) is 5.69 Å². The maximum Gasteiger partial charge on any atom is 0.295 e. The van der Waals surface area contributed by atoms with Crippen LogP contribution in [-0.2, 0) is 11.8 Å². The Hall–Kier alpha value is -3.61. The molecule has 2 N–H and O–H groups in total. The minimum atomic E-state index is -0.795. The van der Waals surface area contributed by atoms with Gasteiger partial charge in [-0.1, -0.05) is 50.2 Å². The Labute approximate surface area is 181 Å². The van der Waals surface area contributed by atoms with Crippen LogP contribution >= 0.6 is 0 Å². The van der Waals surface area contributed by atoms with Crippen LogP contribution in [0.15, 0.2) is 59.4 Å². The summed E-state index contributed by atoms with van der Waals surface area (Å²) >= 11 is 0. The summed E-state index contributed by atoms with van der Waals surface area (Å²) < 4.78 is 3.20. The van der Waals surface area contributed by atoms with E-state index in [9.17, 15) is 14.4 Å². The van der Waals surface area contributed by atoms with Crippen molar-refractivity contribution in [1.82, 2.24) is 14.7 Å². The molecule has 1 atom stereocenters. The third kappa shape index (κ3) is 4.45. The number of rotatable bonds is 6. The first kappa shape index (κ1) is 22.1. The number of anilines is 1. The fraction of sp³-hybridized carbons (Fsp3) is 0.292. The van der Waals surface area contributed by atoms with Crippen LogP contribution in [0.2, 0.25) is 0 Å². The van der Waals surface area contributed by atoms with E-state index in [0.717, 1.165) is 5.56 Å². The molecule has 2 amide bonds. The molecule has 7 heteroatoms. The number of para-hydroxylation sites is 1. The van der Waals surface area contributed by atoms with E-state index in [4.69, 9.17) is 0 Å². The van der Waals surface area contributed by atoms with E-state index < -0.39 is 11.9 Å². The molecule has 2 aromatic carbocycles. The van der Waals surface area contributed by atoms with Gasteiger partial charge in [-0.05, 0) is 43.5 Å². The minimum absolute atomic E-state index is 0.173. The van der Waals surface area contributed by atoms with Crippen LogP contribution in [0.1, 0.15) is 35.5 Å². The molecular formula is C24H28N4O3. The molecule has 0 spiro atoms. The normalized spacial score (nSPS) is 11.9. The summed E-state index contributed by atoms with van der Waals surface area (Å²) in [6.45, 7) is 7.32. The quantitative estimate of drug-likeness (QED) is 0.642. The summed E-state index contributed by atoms with van der Waals surface area (Å²) in [6, 6.07) is 15.6. The van der Waals surface area contributed by atoms with Gasteiger partial charge in [-0.25, -0.2) is 4.68 Å². The second-order valence-corrected chi connectivity index (χ2v) is 7.94. The Kier molecular flexibility index (Phi) is 6.44. The summed E-state index contributed by atoms with van der Waals surface area (Å²) in [7, 11) is 1.76. The summed E-state index contributed by atoms with van der Waals surface area (Å²) in [5.74, 6) is -0.922. The summed E-state index contributed by atoms with van der Waals surface area (Å²) in [6.07, 6.45) is 0. The Morgan fingerprint density at radius 2 is 1.55 bits per heavy atom. The first-order valence-corrected chi connectivity index (χ1v) is 10.2. The lowest BCUT2D eigenvalue weighted by atomic mass is 10.0. The number of hydrogen-bond acceptors (Lipinski definition) is 3. The van der Waals surface area contributed by atoms with Crippen molar-refractivity contribution in [2.24, 2.45) is 13.0 Å². The average Bonchev–Trinajstić information content (AvgIpc) is 2.95. The van der Waals surface area contributed by atoms with E-state index >= 15 is 0 Å². The molecule has 162 valence electrons. The fourth-order valence-corrected chi connectivity index (χ4v) is 3.49. The number of nitrogens with one attached hydrogen (secondary N) is 2. The molecule has 0 aliphatic heterocycles. The van der Waals surface area contributed by atoms with Crippen molar-refractivity contribution >= 4 is 17.5 Å². The molecule has 7 nitrogen and oxygen atoms in total. The largest absolute Gasteiger partial charge is 0.340 e. The van der Waals surface area contributed by atoms with Crippen LogP contribution in [0.25, 0.3) is 5.69 Å². The van der Waals surface area contributed by atoms with E-state index in [2.05, 4.69) is 10.6 Å². The van der Waals surface area contributed by atoms with Crippen LogP contribution in [0.3, 0.4) is 0 Å². The number of carbonyl (C=O) groups excluding carboxylic acids is 2. The van der Waals surface area contributed by atoms with Crippen molar-refractivity contribution < 1.29 is 9.59 Å². The van der Waals surface area contributed by atoms with Gasteiger partial charge in [-0.15, -0.1) is 0 Å². The van der Waals surface area contributed by atoms with Gasteiger partial charge in [-0.3, -0.25) is 19.1 Å². The zero-order valence-corrected chi connectivity index (χ0v) is 18.5. The van der Waals surface area contributed by atoms with Crippen molar-refractivity contribution in [2.75, 3.05) is 5.32 Å². The predicted octanol–water partition coefficient (Wildman–Crippen LogP) is 3.19. The molecule has 0 aliphatic carbocycles. The molecular weight excluding hydrogens is 392 g/mol. The van der Waals surface area contributed by atoms with Gasteiger partial charge in [0.05, 0.1) is 11.4 Å². The van der Waals surface area contributed by atoms with Gasteiger partial charge in [0.25, 0.3) is 11.5 Å². The monoisotopic (exact) mass is 420 g/mol. The molecule has 0 fully saturated rings. The molecule has 3 rings (SSSR count). The van der Waals surface area contributed by atoms with Gasteiger partial charge in [0.1, 0.15) is 11.7 Å². The van der Waals surface area contributed by atoms with Crippen molar-refractivity contribution in [3.05, 3.63) is 81.8 Å². The van der Waals surface area contributed by atoms with Gasteiger partial charge in [-0.2, -0.15) is 0 Å². The first-order valence-electron chi connectivity index (χ1n) is 10.2. The van der Waals surface area contributed by atoms with Crippen molar-refractivity contribution in [3.63, 3.8) is 0 Å². The number of aryl methyl sites for hydroxylation is 1. The summed E-state index contributed by atoms with van der Waals surface area (Å²) in [5, 5.41) is 5.57. The zero-order chi connectivity index (χ0) is 22.7. The molecule has 1 unspecified atom stereocenters. The molecule has 0 saturated carbocycles. The molecule has 31 heavy (non-hydrogen) atoms. The van der Waals surface area contributed by atoms with Crippen LogP contribution in [-0.4, -0.2) is 27.2 Å². The first-order chi connectivity index (χ1) is 14.7. The number of hydrogen-bond donors (Lipinski definition) is 2. The highest BCUT2D eigenvalue weighted by Crippen LogP contribution is 2.16. The lowest BCUT2D eigenvalue weighted by Gasteiger charge is -2.22. The van der Waals surface area contributed by atoms with E-state index in [1.807, 2.05) is 63.2 Å². The van der Waals surface area contributed by atoms with Crippen LogP contribution < -0.4 is 16.2 Å². The SMILES string of the molecule is Cc1ccccc1C(=O)NC(C(=O)Nc1c(C)n(C)n(-c2ccccc2)c1=O)C(C)C. The molecule has 0 radical (unpaired) electrons. The summed E-state index contributed by atoms with van der Waals surface area (Å²) in [4.78, 5) is 38.9. The van der Waals surface area contributed by atoms with Crippen LogP contribution in [0.4, 0.5) is 5.69 Å². The average molecular weight is 421 g/mol. The molecule has 0 aliphatic rings. The lowest BCUT2D eigenvalue weighted by molar-refractivity contribution is -0.118. The Morgan fingerprint density at radius 3 is 2.16 bits per heavy atom. The van der Waals surface area contributed by atoms with Gasteiger partial charge in [0.2, 0.25) is 5.91 Å². The van der Waals surface area contributed by atoms with Crippen LogP contribution in [0.5, 0.6) is 0 Å². The number of nitrogens with zero attached hydrogens (tertiary/aromatic N) is 2. The standard InChI is InChI=1S/C24H28N4O3/c1-15(2)20(25-22(29)19-14-10-9-11-16(19)3)23(30)26-21-17(4)27(5)28(24(21)31)18-12-7-6-8-13-18/h6-15,20H,1-5H3,(H,25,29)(H,26,30). The Balaban J connectivity index is 1.88. The number of aromatic nitrogens is 2. The maximum absolute atomic E-state index is 13.1. The maximum atomic E-state index is 13.1. The zero-order valence-electron chi connectivity index (χ0n) is 18.5. The third-order valence-corrected chi connectivity index (χ3v) is 5.43. The molecule has 1 heterocycles. The van der Waals surface area contributed by atoms with E-state index in [0.29, 0.717) is 16.9 Å². The fourth-order valence-electron chi connectivity index (χ4n) is 3.49. The Morgan fingerprint density at radius 1 is 0.935 bits per heavy atom. The molecule has 1 aromatic heterocycles. The highest BCUT2D eigenvalue weighted by Gasteiger charge is 2.27. The summed E-state index contributed by atoms with van der Waals surface area (Å²) in [5.41, 5.74) is 2.54. The third-order valence-electron chi connectivity index (χ3n) is 5.43.